The summed E-state index contributed by atoms with van der Waals surface area (Å²) in [4.78, 5) is 4.61. The summed E-state index contributed by atoms with van der Waals surface area (Å²) < 4.78 is 5.45. The Kier molecular flexibility index (Phi) is 5.44. The molecular formula is C28H28N2O2. The largest absolute Gasteiger partial charge is 0.504 e. The molecule has 0 spiro atoms. The molecule has 1 aliphatic carbocycles. The summed E-state index contributed by atoms with van der Waals surface area (Å²) in [5, 5.41) is 13.7. The van der Waals surface area contributed by atoms with Crippen LogP contribution in [0.4, 0.5) is 11.4 Å². The van der Waals surface area contributed by atoms with Gasteiger partial charge in [0.15, 0.2) is 11.5 Å². The van der Waals surface area contributed by atoms with Gasteiger partial charge in [0.05, 0.1) is 18.3 Å². The number of ether oxygens (including phenoxy) is 1. The summed E-state index contributed by atoms with van der Waals surface area (Å²) in [6.45, 7) is 4.56. The third-order valence-electron chi connectivity index (χ3n) is 6.42. The van der Waals surface area contributed by atoms with E-state index in [2.05, 4.69) is 71.8 Å². The molecule has 0 radical (unpaired) electrons. The van der Waals surface area contributed by atoms with Crippen LogP contribution in [0.2, 0.25) is 0 Å². The third kappa shape index (κ3) is 3.89. The standard InChI is InChI=1S/C28H28N2O2/c1-3-32-27-16-19(8-14-26(27)31)17-29-21-11-9-20(10-12-21)28-23-6-4-5-22(23)24-15-18(2)7-13-25(24)30-28/h4-5,7-17,22-23,28,30-31H,3,6H2,1-2H3/t22-,23-,28-/m0/s1. The first-order chi connectivity index (χ1) is 15.6. The van der Waals surface area contributed by atoms with E-state index in [-0.39, 0.29) is 11.8 Å². The van der Waals surface area contributed by atoms with Crippen LogP contribution in [0.25, 0.3) is 0 Å². The van der Waals surface area contributed by atoms with Gasteiger partial charge in [-0.25, -0.2) is 0 Å². The number of hydrogen-bond acceptors (Lipinski definition) is 4. The molecule has 0 amide bonds. The SMILES string of the molecule is CCOc1cc(C=Nc2ccc([C@@H]3Nc4ccc(C)cc4[C@H]4C=CC[C@@H]43)cc2)ccc1O. The fourth-order valence-corrected chi connectivity index (χ4v) is 4.84. The topological polar surface area (TPSA) is 53.8 Å². The van der Waals surface area contributed by atoms with Crippen molar-refractivity contribution in [1.82, 2.24) is 0 Å². The Morgan fingerprint density at radius 3 is 2.75 bits per heavy atom. The molecule has 2 N–H and O–H groups in total. The molecule has 0 bridgehead atoms. The van der Waals surface area contributed by atoms with E-state index in [1.54, 1.807) is 18.3 Å². The number of nitrogens with zero attached hydrogens (tertiary/aromatic N) is 1. The van der Waals surface area contributed by atoms with Gasteiger partial charge in [-0.2, -0.15) is 0 Å². The zero-order valence-electron chi connectivity index (χ0n) is 18.5. The molecule has 2 aliphatic rings. The van der Waals surface area contributed by atoms with Gasteiger partial charge in [0.2, 0.25) is 0 Å². The van der Waals surface area contributed by atoms with Crippen LogP contribution in [0, 0.1) is 12.8 Å². The maximum atomic E-state index is 9.87. The van der Waals surface area contributed by atoms with Gasteiger partial charge in [-0.3, -0.25) is 4.99 Å². The highest BCUT2D eigenvalue weighted by Gasteiger charge is 2.37. The number of hydrogen-bond donors (Lipinski definition) is 2. The maximum absolute atomic E-state index is 9.87. The summed E-state index contributed by atoms with van der Waals surface area (Å²) >= 11 is 0. The highest BCUT2D eigenvalue weighted by molar-refractivity contribution is 5.83. The lowest BCUT2D eigenvalue weighted by Crippen LogP contribution is -2.29. The van der Waals surface area contributed by atoms with Crippen LogP contribution in [0.1, 0.15) is 47.6 Å². The van der Waals surface area contributed by atoms with Crippen molar-refractivity contribution in [3.63, 3.8) is 0 Å². The minimum Gasteiger partial charge on any atom is -0.504 e. The molecule has 4 heteroatoms. The lowest BCUT2D eigenvalue weighted by molar-refractivity contribution is 0.318. The van der Waals surface area contributed by atoms with E-state index in [1.165, 1.54) is 22.4 Å². The van der Waals surface area contributed by atoms with E-state index in [9.17, 15) is 5.11 Å². The number of allylic oxidation sites excluding steroid dienone is 2. The number of rotatable bonds is 5. The summed E-state index contributed by atoms with van der Waals surface area (Å²) in [6, 6.07) is 20.8. The minimum absolute atomic E-state index is 0.143. The molecule has 5 rings (SSSR count). The van der Waals surface area contributed by atoms with E-state index in [1.807, 2.05) is 13.0 Å². The number of phenols is 1. The summed E-state index contributed by atoms with van der Waals surface area (Å²) in [6.07, 6.45) is 7.60. The molecule has 3 aromatic carbocycles. The number of aliphatic imine (C=N–C) groups is 1. The number of benzene rings is 3. The molecule has 3 atom stereocenters. The van der Waals surface area contributed by atoms with Crippen molar-refractivity contribution in [2.24, 2.45) is 10.9 Å². The van der Waals surface area contributed by atoms with Crippen LogP contribution in [-0.2, 0) is 0 Å². The summed E-state index contributed by atoms with van der Waals surface area (Å²) in [5.74, 6) is 1.63. The fraction of sp³-hybridized carbons (Fsp3) is 0.250. The lowest BCUT2D eigenvalue weighted by Gasteiger charge is -2.37. The molecule has 1 heterocycles. The number of fused-ring (bicyclic) bond motifs is 3. The quantitative estimate of drug-likeness (QED) is 0.355. The second-order valence-corrected chi connectivity index (χ2v) is 8.58. The van der Waals surface area contributed by atoms with Crippen molar-refractivity contribution >= 4 is 17.6 Å². The molecule has 162 valence electrons. The second-order valence-electron chi connectivity index (χ2n) is 8.58. The molecule has 0 unspecified atom stereocenters. The van der Waals surface area contributed by atoms with Crippen LogP contribution in [0.5, 0.6) is 11.5 Å². The Balaban J connectivity index is 1.35. The summed E-state index contributed by atoms with van der Waals surface area (Å²) in [5.41, 5.74) is 7.04. The number of nitrogens with one attached hydrogen (secondary N) is 1. The molecule has 3 aromatic rings. The van der Waals surface area contributed by atoms with Crippen LogP contribution in [0.15, 0.2) is 77.8 Å². The van der Waals surface area contributed by atoms with Crippen molar-refractivity contribution in [3.05, 3.63) is 95.1 Å². The highest BCUT2D eigenvalue weighted by atomic mass is 16.5. The molecule has 0 fully saturated rings. The predicted octanol–water partition coefficient (Wildman–Crippen LogP) is 6.68. The van der Waals surface area contributed by atoms with Gasteiger partial charge in [0.1, 0.15) is 0 Å². The Bertz CT molecular complexity index is 1180. The number of aryl methyl sites for hydroxylation is 1. The minimum atomic E-state index is 0.143. The van der Waals surface area contributed by atoms with Gasteiger partial charge < -0.3 is 15.2 Å². The van der Waals surface area contributed by atoms with Gasteiger partial charge in [-0.15, -0.1) is 0 Å². The third-order valence-corrected chi connectivity index (χ3v) is 6.42. The molecular weight excluding hydrogens is 396 g/mol. The smallest absolute Gasteiger partial charge is 0.161 e. The van der Waals surface area contributed by atoms with Crippen LogP contribution < -0.4 is 10.1 Å². The van der Waals surface area contributed by atoms with Crippen LogP contribution in [-0.4, -0.2) is 17.9 Å². The Morgan fingerprint density at radius 1 is 1.09 bits per heavy atom. The fourth-order valence-electron chi connectivity index (χ4n) is 4.84. The normalized spacial score (nSPS) is 21.2. The first-order valence-corrected chi connectivity index (χ1v) is 11.3. The Hall–Kier alpha value is -3.53. The zero-order valence-corrected chi connectivity index (χ0v) is 18.5. The average molecular weight is 425 g/mol. The van der Waals surface area contributed by atoms with Gasteiger partial charge in [-0.05, 0) is 79.3 Å². The van der Waals surface area contributed by atoms with E-state index >= 15 is 0 Å². The van der Waals surface area contributed by atoms with Gasteiger partial charge in [0, 0.05) is 17.8 Å². The maximum Gasteiger partial charge on any atom is 0.161 e. The van der Waals surface area contributed by atoms with Crippen LogP contribution >= 0.6 is 0 Å². The van der Waals surface area contributed by atoms with Crippen molar-refractivity contribution in [3.8, 4) is 11.5 Å². The number of anilines is 1. The second kappa shape index (κ2) is 8.54. The number of aromatic hydroxyl groups is 1. The van der Waals surface area contributed by atoms with E-state index in [4.69, 9.17) is 4.74 Å². The van der Waals surface area contributed by atoms with E-state index < -0.39 is 0 Å². The molecule has 0 saturated heterocycles. The highest BCUT2D eigenvalue weighted by Crippen LogP contribution is 2.50. The van der Waals surface area contributed by atoms with Crippen molar-refractivity contribution in [1.29, 1.82) is 0 Å². The molecule has 32 heavy (non-hydrogen) atoms. The Morgan fingerprint density at radius 2 is 1.94 bits per heavy atom. The zero-order chi connectivity index (χ0) is 22.1. The average Bonchev–Trinajstić information content (AvgIpc) is 3.30. The molecule has 0 aromatic heterocycles. The number of phenolic OH excluding ortho intramolecular Hbond substituents is 1. The van der Waals surface area contributed by atoms with Gasteiger partial charge >= 0.3 is 0 Å². The molecule has 0 saturated carbocycles. The Labute approximate surface area is 189 Å². The monoisotopic (exact) mass is 424 g/mol. The first-order valence-electron chi connectivity index (χ1n) is 11.3. The van der Waals surface area contributed by atoms with Crippen LogP contribution in [0.3, 0.4) is 0 Å². The first kappa shape index (κ1) is 20.4. The van der Waals surface area contributed by atoms with E-state index in [0.717, 1.165) is 17.7 Å². The molecule has 1 aliphatic heterocycles. The van der Waals surface area contributed by atoms with Crippen molar-refractivity contribution in [2.45, 2.75) is 32.2 Å². The van der Waals surface area contributed by atoms with Gasteiger partial charge in [0.25, 0.3) is 0 Å². The predicted molar refractivity (Wildman–Crippen MR) is 131 cm³/mol. The van der Waals surface area contributed by atoms with Crippen molar-refractivity contribution in [2.75, 3.05) is 11.9 Å². The van der Waals surface area contributed by atoms with Crippen molar-refractivity contribution < 1.29 is 9.84 Å². The lowest BCUT2D eigenvalue weighted by atomic mass is 9.76. The van der Waals surface area contributed by atoms with Gasteiger partial charge in [-0.1, -0.05) is 42.0 Å². The van der Waals surface area contributed by atoms with E-state index in [0.29, 0.717) is 24.2 Å². The molecule has 4 nitrogen and oxygen atoms in total. The summed E-state index contributed by atoms with van der Waals surface area (Å²) in [7, 11) is 0.